The first-order chi connectivity index (χ1) is 13.7. The van der Waals surface area contributed by atoms with Gasteiger partial charge in [0.15, 0.2) is 5.96 Å². The summed E-state index contributed by atoms with van der Waals surface area (Å²) in [6, 6.07) is 8.23. The van der Waals surface area contributed by atoms with Crippen LogP contribution in [0.4, 0.5) is 0 Å². The van der Waals surface area contributed by atoms with Gasteiger partial charge in [0.1, 0.15) is 0 Å². The molecule has 1 aromatic rings. The third-order valence-corrected chi connectivity index (χ3v) is 5.87. The smallest absolute Gasteiger partial charge is 0.191 e. The molecular formula is C23H41IN4O2. The van der Waals surface area contributed by atoms with Crippen LogP contribution in [0.5, 0.6) is 0 Å². The summed E-state index contributed by atoms with van der Waals surface area (Å²) >= 11 is 0. The number of hydrogen-bond acceptors (Lipinski definition) is 4. The summed E-state index contributed by atoms with van der Waals surface area (Å²) in [6.45, 7) is 12.1. The molecule has 1 fully saturated rings. The Balaban J connectivity index is 0.00000450. The minimum Gasteiger partial charge on any atom is -0.387 e. The van der Waals surface area contributed by atoms with Crippen LogP contribution in [0.2, 0.25) is 0 Å². The van der Waals surface area contributed by atoms with Crippen molar-refractivity contribution in [2.75, 3.05) is 46.9 Å². The molecule has 0 saturated carbocycles. The highest BCUT2D eigenvalue weighted by molar-refractivity contribution is 14.0. The van der Waals surface area contributed by atoms with Crippen LogP contribution in [-0.4, -0.2) is 68.4 Å². The van der Waals surface area contributed by atoms with Crippen LogP contribution in [0.1, 0.15) is 57.8 Å². The molecule has 3 N–H and O–H groups in total. The molecule has 1 unspecified atom stereocenters. The second-order valence-corrected chi connectivity index (χ2v) is 9.20. The molecule has 1 saturated heterocycles. The van der Waals surface area contributed by atoms with Crippen molar-refractivity contribution >= 4 is 29.9 Å². The Kier molecular flexibility index (Phi) is 11.0. The highest BCUT2D eigenvalue weighted by atomic mass is 127. The number of rotatable bonds is 7. The van der Waals surface area contributed by atoms with E-state index >= 15 is 0 Å². The van der Waals surface area contributed by atoms with Gasteiger partial charge in [0.05, 0.1) is 12.6 Å². The van der Waals surface area contributed by atoms with Crippen LogP contribution in [0, 0.1) is 0 Å². The number of likely N-dealkylation sites (N-methyl/N-ethyl adjacent to an activating group) is 1. The molecule has 2 rings (SSSR count). The van der Waals surface area contributed by atoms with Crippen LogP contribution >= 0.6 is 24.0 Å². The zero-order valence-electron chi connectivity index (χ0n) is 19.5. The second-order valence-electron chi connectivity index (χ2n) is 9.20. The molecule has 1 aliphatic rings. The van der Waals surface area contributed by atoms with Gasteiger partial charge in [-0.3, -0.25) is 4.99 Å². The summed E-state index contributed by atoms with van der Waals surface area (Å²) < 4.78 is 5.55. The maximum absolute atomic E-state index is 10.6. The predicted octanol–water partition coefficient (Wildman–Crippen LogP) is 3.30. The van der Waals surface area contributed by atoms with Crippen molar-refractivity contribution in [2.45, 2.75) is 57.6 Å². The largest absolute Gasteiger partial charge is 0.387 e. The van der Waals surface area contributed by atoms with E-state index in [1.54, 1.807) is 0 Å². The van der Waals surface area contributed by atoms with Gasteiger partial charge in [-0.25, -0.2) is 0 Å². The van der Waals surface area contributed by atoms with Crippen molar-refractivity contribution in [3.63, 3.8) is 0 Å². The molecule has 1 heterocycles. The average molecular weight is 533 g/mol. The number of aliphatic hydroxyl groups excluding tert-OH is 1. The van der Waals surface area contributed by atoms with Gasteiger partial charge in [0.25, 0.3) is 0 Å². The second kappa shape index (κ2) is 12.2. The van der Waals surface area contributed by atoms with E-state index in [0.717, 1.165) is 44.1 Å². The fraction of sp³-hybridized carbons (Fsp3) is 0.696. The molecule has 7 heteroatoms. The summed E-state index contributed by atoms with van der Waals surface area (Å²) in [5.74, 6) is 0.741. The number of benzene rings is 1. The van der Waals surface area contributed by atoms with Gasteiger partial charge >= 0.3 is 0 Å². The highest BCUT2D eigenvalue weighted by Gasteiger charge is 2.34. The first-order valence-electron chi connectivity index (χ1n) is 10.7. The Morgan fingerprint density at radius 3 is 2.27 bits per heavy atom. The summed E-state index contributed by atoms with van der Waals surface area (Å²) in [7, 11) is 4.23. The number of guanidine groups is 1. The molecule has 0 spiro atoms. The van der Waals surface area contributed by atoms with Crippen molar-refractivity contribution < 1.29 is 9.84 Å². The van der Waals surface area contributed by atoms with E-state index in [1.807, 2.05) is 12.1 Å². The normalized spacial score (nSPS) is 17.9. The number of halogens is 1. The molecule has 1 aliphatic heterocycles. The lowest BCUT2D eigenvalue weighted by Crippen LogP contribution is -2.52. The van der Waals surface area contributed by atoms with E-state index in [4.69, 9.17) is 9.73 Å². The molecular weight excluding hydrogens is 491 g/mol. The Bertz CT molecular complexity index is 650. The minimum absolute atomic E-state index is 0. The van der Waals surface area contributed by atoms with E-state index in [-0.39, 0.29) is 34.9 Å². The van der Waals surface area contributed by atoms with Crippen molar-refractivity contribution in [3.8, 4) is 0 Å². The monoisotopic (exact) mass is 532 g/mol. The molecule has 30 heavy (non-hydrogen) atoms. The molecule has 0 aromatic heterocycles. The quantitative estimate of drug-likeness (QED) is 0.286. The van der Waals surface area contributed by atoms with Crippen LogP contribution < -0.4 is 10.6 Å². The number of nitrogens with zero attached hydrogens (tertiary/aromatic N) is 2. The topological polar surface area (TPSA) is 69.1 Å². The molecule has 1 aromatic carbocycles. The lowest BCUT2D eigenvalue weighted by molar-refractivity contribution is -0.00255. The van der Waals surface area contributed by atoms with Crippen LogP contribution in [-0.2, 0) is 10.2 Å². The molecule has 6 nitrogen and oxygen atoms in total. The van der Waals surface area contributed by atoms with Crippen LogP contribution in [0.15, 0.2) is 29.3 Å². The molecule has 0 amide bonds. The Labute approximate surface area is 199 Å². The average Bonchev–Trinajstić information content (AvgIpc) is 2.70. The number of aliphatic imine (C=N–C) groups is 1. The number of hydrogen-bond donors (Lipinski definition) is 3. The zero-order chi connectivity index (χ0) is 21.5. The molecule has 0 radical (unpaired) electrons. The van der Waals surface area contributed by atoms with Crippen molar-refractivity contribution in [2.24, 2.45) is 4.99 Å². The van der Waals surface area contributed by atoms with E-state index in [0.29, 0.717) is 13.1 Å². The Morgan fingerprint density at radius 2 is 1.77 bits per heavy atom. The highest BCUT2D eigenvalue weighted by Crippen LogP contribution is 2.26. The summed E-state index contributed by atoms with van der Waals surface area (Å²) in [5, 5.41) is 17.2. The summed E-state index contributed by atoms with van der Waals surface area (Å²) in [5.41, 5.74) is 2.32. The van der Waals surface area contributed by atoms with Gasteiger partial charge in [0, 0.05) is 31.8 Å². The fourth-order valence-electron chi connectivity index (χ4n) is 3.58. The van der Waals surface area contributed by atoms with Crippen molar-refractivity contribution in [3.05, 3.63) is 35.4 Å². The SMILES string of the molecule is CCNC(=NCC1(N(C)C)CCOCC1)NCC(O)c1ccc(C(C)(C)C)cc1.I. The first-order valence-corrected chi connectivity index (χ1v) is 10.7. The zero-order valence-corrected chi connectivity index (χ0v) is 21.8. The van der Waals surface area contributed by atoms with Gasteiger partial charge in [-0.1, -0.05) is 45.0 Å². The van der Waals surface area contributed by atoms with E-state index < -0.39 is 6.10 Å². The molecule has 0 aliphatic carbocycles. The van der Waals surface area contributed by atoms with E-state index in [1.165, 1.54) is 5.56 Å². The van der Waals surface area contributed by atoms with Gasteiger partial charge in [-0.15, -0.1) is 24.0 Å². The molecule has 172 valence electrons. The third-order valence-electron chi connectivity index (χ3n) is 5.87. The van der Waals surface area contributed by atoms with E-state index in [2.05, 4.69) is 69.5 Å². The number of aliphatic hydroxyl groups is 1. The lowest BCUT2D eigenvalue weighted by Gasteiger charge is -2.41. The number of ether oxygens (including phenoxy) is 1. The maximum atomic E-state index is 10.6. The van der Waals surface area contributed by atoms with E-state index in [9.17, 15) is 5.11 Å². The van der Waals surface area contributed by atoms with Gasteiger partial charge in [-0.05, 0) is 50.4 Å². The van der Waals surface area contributed by atoms with Crippen molar-refractivity contribution in [1.29, 1.82) is 0 Å². The maximum Gasteiger partial charge on any atom is 0.191 e. The lowest BCUT2D eigenvalue weighted by atomic mass is 9.86. The Hall–Kier alpha value is -0.900. The molecule has 0 bridgehead atoms. The Morgan fingerprint density at radius 1 is 1.17 bits per heavy atom. The van der Waals surface area contributed by atoms with Gasteiger partial charge < -0.3 is 25.4 Å². The predicted molar refractivity (Wildman–Crippen MR) is 136 cm³/mol. The standard InChI is InChI=1S/C23H40N4O2.HI/c1-7-24-21(26-17-23(27(5)6)12-14-29-15-13-23)25-16-20(28)18-8-10-19(11-9-18)22(2,3)4;/h8-11,20,28H,7,12-17H2,1-6H3,(H2,24,25,26);1H. The third kappa shape index (κ3) is 7.66. The summed E-state index contributed by atoms with van der Waals surface area (Å²) in [6.07, 6.45) is 1.37. The van der Waals surface area contributed by atoms with Gasteiger partial charge in [0.2, 0.25) is 0 Å². The van der Waals surface area contributed by atoms with Crippen LogP contribution in [0.25, 0.3) is 0 Å². The van der Waals surface area contributed by atoms with Crippen LogP contribution in [0.3, 0.4) is 0 Å². The summed E-state index contributed by atoms with van der Waals surface area (Å²) in [4.78, 5) is 7.10. The molecule has 1 atom stereocenters. The van der Waals surface area contributed by atoms with Gasteiger partial charge in [-0.2, -0.15) is 0 Å². The minimum atomic E-state index is -0.584. The van der Waals surface area contributed by atoms with Crippen molar-refractivity contribution in [1.82, 2.24) is 15.5 Å². The first kappa shape index (κ1) is 27.1. The fourth-order valence-corrected chi connectivity index (χ4v) is 3.58. The number of nitrogens with one attached hydrogen (secondary N) is 2.